The maximum Gasteiger partial charge on any atom is 0.326 e. The fourth-order valence-electron chi connectivity index (χ4n) is 1.89. The molecule has 0 radical (unpaired) electrons. The molecular formula is C15H27N3O6. The molecule has 0 fully saturated rings. The van der Waals surface area contributed by atoms with Gasteiger partial charge in [0.1, 0.15) is 12.1 Å². The summed E-state index contributed by atoms with van der Waals surface area (Å²) in [5, 5.41) is 22.4. The van der Waals surface area contributed by atoms with Crippen molar-refractivity contribution in [2.45, 2.75) is 58.7 Å². The van der Waals surface area contributed by atoms with Crippen LogP contribution in [0.3, 0.4) is 0 Å². The molecule has 0 aliphatic heterocycles. The standard InChI is InChI=1S/C15H27N3O6/c1-5-8(4)12(18-13(21)11(16)7(2)3)14(22)17-9(15(23)24)6-10(19)20/h7-9,11-12H,5-6,16H2,1-4H3,(H,17,22)(H,18,21)(H,19,20)(H,23,24). The first-order valence-electron chi connectivity index (χ1n) is 7.82. The quantitative estimate of drug-likeness (QED) is 0.358. The van der Waals surface area contributed by atoms with E-state index >= 15 is 0 Å². The molecule has 0 bridgehead atoms. The van der Waals surface area contributed by atoms with E-state index in [1.54, 1.807) is 20.8 Å². The number of carbonyl (C=O) groups excluding carboxylic acids is 2. The van der Waals surface area contributed by atoms with Crippen molar-refractivity contribution in [1.29, 1.82) is 0 Å². The van der Waals surface area contributed by atoms with Crippen LogP contribution in [0.25, 0.3) is 0 Å². The van der Waals surface area contributed by atoms with Gasteiger partial charge in [-0.25, -0.2) is 4.79 Å². The predicted molar refractivity (Wildman–Crippen MR) is 86.0 cm³/mol. The van der Waals surface area contributed by atoms with E-state index in [1.165, 1.54) is 0 Å². The van der Waals surface area contributed by atoms with Crippen LogP contribution in [0, 0.1) is 11.8 Å². The zero-order valence-electron chi connectivity index (χ0n) is 14.4. The minimum absolute atomic E-state index is 0.135. The van der Waals surface area contributed by atoms with Crippen LogP contribution in [0.15, 0.2) is 0 Å². The predicted octanol–water partition coefficient (Wildman–Crippen LogP) is -0.455. The monoisotopic (exact) mass is 345 g/mol. The Hall–Kier alpha value is -2.16. The van der Waals surface area contributed by atoms with Gasteiger partial charge in [0, 0.05) is 0 Å². The largest absolute Gasteiger partial charge is 0.481 e. The first kappa shape index (κ1) is 21.8. The molecule has 4 atom stereocenters. The number of nitrogens with one attached hydrogen (secondary N) is 2. The Labute approximate surface area is 141 Å². The van der Waals surface area contributed by atoms with Crippen LogP contribution in [0.2, 0.25) is 0 Å². The van der Waals surface area contributed by atoms with Crippen molar-refractivity contribution in [3.63, 3.8) is 0 Å². The SMILES string of the molecule is CCC(C)C(NC(=O)C(N)C(C)C)C(=O)NC(CC(=O)O)C(=O)O. The molecule has 0 saturated heterocycles. The number of rotatable bonds is 10. The number of aliphatic carboxylic acids is 2. The van der Waals surface area contributed by atoms with Gasteiger partial charge in [-0.1, -0.05) is 34.1 Å². The van der Waals surface area contributed by atoms with Crippen LogP contribution < -0.4 is 16.4 Å². The molecule has 0 aromatic rings. The van der Waals surface area contributed by atoms with E-state index in [0.717, 1.165) is 0 Å². The molecule has 0 rings (SSSR count). The molecule has 4 unspecified atom stereocenters. The Kier molecular flexibility index (Phi) is 8.97. The summed E-state index contributed by atoms with van der Waals surface area (Å²) in [7, 11) is 0. The second-order valence-corrected chi connectivity index (χ2v) is 6.14. The lowest BCUT2D eigenvalue weighted by Gasteiger charge is -2.27. The molecule has 9 nitrogen and oxygen atoms in total. The normalized spacial score (nSPS) is 15.9. The molecule has 9 heteroatoms. The van der Waals surface area contributed by atoms with E-state index in [2.05, 4.69) is 10.6 Å². The molecule has 138 valence electrons. The molecule has 0 aliphatic rings. The lowest BCUT2D eigenvalue weighted by molar-refractivity contribution is -0.147. The summed E-state index contributed by atoms with van der Waals surface area (Å²) in [6.07, 6.45) is -0.209. The van der Waals surface area contributed by atoms with Gasteiger partial charge < -0.3 is 26.6 Å². The minimum Gasteiger partial charge on any atom is -0.481 e. The van der Waals surface area contributed by atoms with Crippen LogP contribution in [-0.2, 0) is 19.2 Å². The maximum atomic E-state index is 12.3. The molecule has 0 aliphatic carbocycles. The van der Waals surface area contributed by atoms with Crippen molar-refractivity contribution in [3.05, 3.63) is 0 Å². The van der Waals surface area contributed by atoms with Crippen molar-refractivity contribution in [2.24, 2.45) is 17.6 Å². The average Bonchev–Trinajstić information content (AvgIpc) is 2.49. The number of carboxylic acid groups (broad SMARTS) is 2. The van der Waals surface area contributed by atoms with Crippen LogP contribution in [-0.4, -0.2) is 52.1 Å². The van der Waals surface area contributed by atoms with Gasteiger partial charge in [-0.15, -0.1) is 0 Å². The Morgan fingerprint density at radius 3 is 1.92 bits per heavy atom. The molecule has 0 spiro atoms. The van der Waals surface area contributed by atoms with Gasteiger partial charge in [0.2, 0.25) is 11.8 Å². The molecule has 24 heavy (non-hydrogen) atoms. The highest BCUT2D eigenvalue weighted by Gasteiger charge is 2.32. The fourth-order valence-corrected chi connectivity index (χ4v) is 1.89. The Balaban J connectivity index is 5.16. The molecule has 6 N–H and O–H groups in total. The highest BCUT2D eigenvalue weighted by Crippen LogP contribution is 2.10. The smallest absolute Gasteiger partial charge is 0.326 e. The summed E-state index contributed by atoms with van der Waals surface area (Å²) >= 11 is 0. The van der Waals surface area contributed by atoms with Crippen LogP contribution in [0.1, 0.15) is 40.5 Å². The first-order valence-corrected chi connectivity index (χ1v) is 7.82. The zero-order valence-corrected chi connectivity index (χ0v) is 14.4. The van der Waals surface area contributed by atoms with Crippen molar-refractivity contribution in [1.82, 2.24) is 10.6 Å². The van der Waals surface area contributed by atoms with Crippen molar-refractivity contribution in [2.75, 3.05) is 0 Å². The Bertz CT molecular complexity index is 480. The summed E-state index contributed by atoms with van der Waals surface area (Å²) in [6, 6.07) is -3.38. The van der Waals surface area contributed by atoms with Gasteiger partial charge in [-0.05, 0) is 11.8 Å². The van der Waals surface area contributed by atoms with Crippen molar-refractivity contribution >= 4 is 23.8 Å². The number of carboxylic acids is 2. The Morgan fingerprint density at radius 1 is 1.00 bits per heavy atom. The summed E-state index contributed by atoms with van der Waals surface area (Å²) in [4.78, 5) is 46.2. The average molecular weight is 345 g/mol. The zero-order chi connectivity index (χ0) is 19.0. The summed E-state index contributed by atoms with van der Waals surface area (Å²) < 4.78 is 0. The number of amides is 2. The molecule has 0 saturated carbocycles. The second-order valence-electron chi connectivity index (χ2n) is 6.14. The van der Waals surface area contributed by atoms with Crippen LogP contribution >= 0.6 is 0 Å². The van der Waals surface area contributed by atoms with E-state index in [4.69, 9.17) is 15.9 Å². The lowest BCUT2D eigenvalue weighted by atomic mass is 9.96. The summed E-state index contributed by atoms with van der Waals surface area (Å²) in [6.45, 7) is 7.05. The lowest BCUT2D eigenvalue weighted by Crippen LogP contribution is -2.57. The third-order valence-electron chi connectivity index (χ3n) is 3.81. The first-order chi connectivity index (χ1) is 11.0. The third kappa shape index (κ3) is 6.95. The van der Waals surface area contributed by atoms with Crippen molar-refractivity contribution in [3.8, 4) is 0 Å². The van der Waals surface area contributed by atoms with E-state index in [-0.39, 0.29) is 11.8 Å². The highest BCUT2D eigenvalue weighted by atomic mass is 16.4. The fraction of sp³-hybridized carbons (Fsp3) is 0.733. The van der Waals surface area contributed by atoms with E-state index in [0.29, 0.717) is 6.42 Å². The second kappa shape index (κ2) is 9.86. The molecule has 0 aromatic heterocycles. The summed E-state index contributed by atoms with van der Waals surface area (Å²) in [5.74, 6) is -4.50. The van der Waals surface area contributed by atoms with Gasteiger partial charge in [-0.2, -0.15) is 0 Å². The van der Waals surface area contributed by atoms with Gasteiger partial charge in [0.25, 0.3) is 0 Å². The number of carbonyl (C=O) groups is 4. The van der Waals surface area contributed by atoms with Crippen molar-refractivity contribution < 1.29 is 29.4 Å². The van der Waals surface area contributed by atoms with Crippen LogP contribution in [0.5, 0.6) is 0 Å². The molecular weight excluding hydrogens is 318 g/mol. The molecule has 0 heterocycles. The van der Waals surface area contributed by atoms with Gasteiger partial charge in [-0.3, -0.25) is 14.4 Å². The van der Waals surface area contributed by atoms with E-state index < -0.39 is 48.3 Å². The maximum absolute atomic E-state index is 12.3. The topological polar surface area (TPSA) is 159 Å². The van der Waals surface area contributed by atoms with E-state index in [1.807, 2.05) is 6.92 Å². The van der Waals surface area contributed by atoms with Crippen LogP contribution in [0.4, 0.5) is 0 Å². The van der Waals surface area contributed by atoms with Gasteiger partial charge in [0.15, 0.2) is 0 Å². The minimum atomic E-state index is -1.57. The third-order valence-corrected chi connectivity index (χ3v) is 3.81. The number of nitrogens with two attached hydrogens (primary N) is 1. The Morgan fingerprint density at radius 2 is 1.54 bits per heavy atom. The highest BCUT2D eigenvalue weighted by molar-refractivity contribution is 5.93. The van der Waals surface area contributed by atoms with Gasteiger partial charge in [0.05, 0.1) is 12.5 Å². The summed E-state index contributed by atoms with van der Waals surface area (Å²) in [5.41, 5.74) is 5.75. The number of hydrogen-bond acceptors (Lipinski definition) is 5. The number of hydrogen-bond donors (Lipinski definition) is 5. The van der Waals surface area contributed by atoms with Gasteiger partial charge >= 0.3 is 11.9 Å². The molecule has 0 aromatic carbocycles. The van der Waals surface area contributed by atoms with E-state index in [9.17, 15) is 19.2 Å². The molecule has 2 amide bonds.